The number of pyridine rings is 3. The van der Waals surface area contributed by atoms with Crippen LogP contribution in [0.2, 0.25) is 0 Å². The number of ether oxygens (including phenoxy) is 4. The van der Waals surface area contributed by atoms with Crippen LogP contribution in [0.25, 0.3) is 0 Å². The SMILES string of the molecule is CCOP(C)(=O)c1cc(C#Cc2ccc(OC)cc2)cc(CN2CCN(Cc3cc(C#Cc4ccc(OC)cc4)cc([PH](C)=O)n3)CCN(Cc3cc(C#Cc4ccc(OC)cc4)cc([PH](C)=O)n3)[C@@H](CCCCNC(=O)OC(C)(C)C)C2)n1. The average Bonchev–Trinajstić information content (AvgIpc) is 3.66. The van der Waals surface area contributed by atoms with E-state index in [1.807, 2.05) is 131 Å². The minimum atomic E-state index is -3.37. The number of unbranched alkanes of at least 4 members (excludes halogenated alkanes) is 1. The molecule has 1 aliphatic rings. The van der Waals surface area contributed by atoms with Gasteiger partial charge in [-0.25, -0.2) is 19.7 Å². The maximum Gasteiger partial charge on any atom is 0.407 e. The summed E-state index contributed by atoms with van der Waals surface area (Å²) in [6, 6.07) is 33.8. The molecule has 6 aromatic rings. The molecule has 19 heteroatoms. The number of carbonyl (C=O) groups excluding carboxylic acids is 1. The van der Waals surface area contributed by atoms with Crippen molar-refractivity contribution >= 4 is 45.4 Å². The molecule has 3 aromatic heterocycles. The molecular weight excluding hydrogens is 1120 g/mol. The smallest absolute Gasteiger partial charge is 0.407 e. The lowest BCUT2D eigenvalue weighted by Gasteiger charge is -2.35. The van der Waals surface area contributed by atoms with E-state index in [0.29, 0.717) is 104 Å². The molecule has 3 aromatic carbocycles. The van der Waals surface area contributed by atoms with E-state index < -0.39 is 34.7 Å². The van der Waals surface area contributed by atoms with Gasteiger partial charge in [-0.15, -0.1) is 0 Å². The highest BCUT2D eigenvalue weighted by Gasteiger charge is 2.28. The van der Waals surface area contributed by atoms with Crippen LogP contribution in [0.1, 0.15) is 97.4 Å². The van der Waals surface area contributed by atoms with Crippen molar-refractivity contribution in [2.24, 2.45) is 0 Å². The van der Waals surface area contributed by atoms with E-state index >= 15 is 0 Å². The first-order valence-corrected chi connectivity index (χ1v) is 34.1. The molecule has 1 aliphatic heterocycles. The molecule has 0 aliphatic carbocycles. The van der Waals surface area contributed by atoms with Gasteiger partial charge in [-0.1, -0.05) is 41.9 Å². The molecule has 0 bridgehead atoms. The van der Waals surface area contributed by atoms with E-state index in [2.05, 4.69) is 55.5 Å². The summed E-state index contributed by atoms with van der Waals surface area (Å²) in [5.41, 5.74) is 7.32. The Morgan fingerprint density at radius 3 is 1.50 bits per heavy atom. The van der Waals surface area contributed by atoms with Crippen molar-refractivity contribution in [1.82, 2.24) is 35.0 Å². The Morgan fingerprint density at radius 2 is 1.04 bits per heavy atom. The third-order valence-electron chi connectivity index (χ3n) is 13.6. The fraction of sp³-hybridized carbons (Fsp3) is 0.385. The van der Waals surface area contributed by atoms with E-state index in [0.717, 1.165) is 58.2 Å². The number of carbonyl (C=O) groups is 1. The van der Waals surface area contributed by atoms with Gasteiger partial charge in [-0.05, 0) is 163 Å². The monoisotopic (exact) mass is 1190 g/mol. The lowest BCUT2D eigenvalue weighted by molar-refractivity contribution is 0.0526. The van der Waals surface area contributed by atoms with Crippen molar-refractivity contribution in [3.63, 3.8) is 0 Å². The lowest BCUT2D eigenvalue weighted by atomic mass is 10.1. The average molecular weight is 1190 g/mol. The van der Waals surface area contributed by atoms with E-state index in [1.165, 1.54) is 0 Å². The van der Waals surface area contributed by atoms with Crippen LogP contribution in [0, 0.1) is 35.5 Å². The predicted molar refractivity (Wildman–Crippen MR) is 336 cm³/mol. The molecule has 442 valence electrons. The number of aromatic nitrogens is 3. The summed E-state index contributed by atoms with van der Waals surface area (Å²) >= 11 is 0. The van der Waals surface area contributed by atoms with Gasteiger partial charge >= 0.3 is 6.09 Å². The molecule has 0 saturated carbocycles. The zero-order valence-electron chi connectivity index (χ0n) is 50.0. The first-order valence-electron chi connectivity index (χ1n) is 28.2. The second-order valence-electron chi connectivity index (χ2n) is 21.5. The summed E-state index contributed by atoms with van der Waals surface area (Å²) in [6.45, 7) is 17.2. The third-order valence-corrected chi connectivity index (χ3v) is 17.4. The van der Waals surface area contributed by atoms with Crippen LogP contribution in [0.4, 0.5) is 4.79 Å². The van der Waals surface area contributed by atoms with Crippen LogP contribution in [-0.2, 0) is 42.6 Å². The third kappa shape index (κ3) is 20.7. The van der Waals surface area contributed by atoms with Crippen LogP contribution < -0.4 is 35.8 Å². The Kier molecular flexibility index (Phi) is 24.0. The fourth-order valence-corrected chi connectivity index (χ4v) is 12.0. The molecule has 84 heavy (non-hydrogen) atoms. The van der Waals surface area contributed by atoms with Crippen LogP contribution in [0.3, 0.4) is 0 Å². The summed E-state index contributed by atoms with van der Waals surface area (Å²) in [4.78, 5) is 35.0. The Morgan fingerprint density at radius 1 is 0.607 bits per heavy atom. The van der Waals surface area contributed by atoms with Crippen molar-refractivity contribution < 1.29 is 42.0 Å². The van der Waals surface area contributed by atoms with Gasteiger partial charge in [0.25, 0.3) is 0 Å². The number of nitrogens with zero attached hydrogens (tertiary/aromatic N) is 6. The Hall–Kier alpha value is -7.01. The van der Waals surface area contributed by atoms with E-state index in [1.54, 1.807) is 47.4 Å². The summed E-state index contributed by atoms with van der Waals surface area (Å²) in [7, 11) is -2.94. The molecule has 1 amide bonds. The minimum Gasteiger partial charge on any atom is -0.497 e. The molecule has 16 nitrogen and oxygen atoms in total. The van der Waals surface area contributed by atoms with E-state index in [4.69, 9.17) is 38.4 Å². The summed E-state index contributed by atoms with van der Waals surface area (Å²) in [6.07, 6.45) is 1.74. The number of hydrogen-bond donors (Lipinski definition) is 1. The highest BCUT2D eigenvalue weighted by Crippen LogP contribution is 2.40. The zero-order valence-corrected chi connectivity index (χ0v) is 52.9. The maximum absolute atomic E-state index is 14.2. The summed E-state index contributed by atoms with van der Waals surface area (Å²) in [5.74, 6) is 21.9. The quantitative estimate of drug-likeness (QED) is 0.0461. The standard InChI is InChI=1S/C65H78N7O9P3/c1-11-80-84(10,76)63-43-53(20-17-50-25-31-60(79-7)32-26-50)40-55(69-63)45-71-35-34-70(44-54-38-51(41-61(67-54)82(8)74)18-15-48-21-27-58(77-5)28-22-48)36-37-72(57(47-71)14-12-13-33-66-64(73)81-65(2,3)4)46-56-39-52(42-62(68-56)83(9)75)19-16-49-23-29-59(78-6)30-24-49/h21-32,38-43,57,82-83H,11-14,33-37,44-47H2,1-10H3,(H,66,73)/t57-,84?/m0/s1. The van der Waals surface area contributed by atoms with Crippen LogP contribution >= 0.6 is 23.0 Å². The van der Waals surface area contributed by atoms with Gasteiger partial charge in [0.2, 0.25) is 7.37 Å². The van der Waals surface area contributed by atoms with Gasteiger partial charge in [0, 0.05) is 105 Å². The summed E-state index contributed by atoms with van der Waals surface area (Å²) < 4.78 is 68.4. The fourth-order valence-electron chi connectivity index (χ4n) is 9.36. The van der Waals surface area contributed by atoms with Gasteiger partial charge < -0.3 is 37.9 Å². The number of alkyl carbamates (subject to hydrolysis) is 1. The Bertz CT molecular complexity index is 3510. The summed E-state index contributed by atoms with van der Waals surface area (Å²) in [5, 5.41) is 2.93. The largest absolute Gasteiger partial charge is 0.497 e. The molecule has 3 unspecified atom stereocenters. The normalized spacial score (nSPS) is 15.6. The number of rotatable bonds is 19. The number of benzene rings is 3. The second kappa shape index (κ2) is 31.2. The van der Waals surface area contributed by atoms with Gasteiger partial charge in [-0.3, -0.25) is 19.3 Å². The molecule has 0 spiro atoms. The molecule has 0 radical (unpaired) electrons. The highest BCUT2D eigenvalue weighted by atomic mass is 31.2. The molecule has 1 fully saturated rings. The Labute approximate surface area is 497 Å². The van der Waals surface area contributed by atoms with E-state index in [-0.39, 0.29) is 12.6 Å². The van der Waals surface area contributed by atoms with Crippen molar-refractivity contribution in [3.05, 3.63) is 160 Å². The van der Waals surface area contributed by atoms with E-state index in [9.17, 15) is 18.5 Å². The van der Waals surface area contributed by atoms with Crippen LogP contribution in [0.15, 0.2) is 109 Å². The molecule has 1 N–H and O–H groups in total. The Balaban J connectivity index is 1.29. The lowest BCUT2D eigenvalue weighted by Crippen LogP contribution is -2.45. The maximum atomic E-state index is 14.2. The minimum absolute atomic E-state index is 0.0744. The molecule has 4 atom stereocenters. The molecular formula is C65H78N7O9P3. The van der Waals surface area contributed by atoms with Crippen molar-refractivity contribution in [2.45, 2.75) is 78.2 Å². The number of nitrogens with one attached hydrogen (secondary N) is 1. The van der Waals surface area contributed by atoms with Gasteiger partial charge in [0.15, 0.2) is 0 Å². The van der Waals surface area contributed by atoms with Gasteiger partial charge in [0.1, 0.15) is 43.9 Å². The first-order chi connectivity index (χ1) is 40.3. The van der Waals surface area contributed by atoms with Crippen LogP contribution in [-0.4, -0.2) is 135 Å². The number of hydrogen-bond acceptors (Lipinski definition) is 15. The molecule has 7 rings (SSSR count). The zero-order chi connectivity index (χ0) is 60.2. The second-order valence-corrected chi connectivity index (χ2v) is 27.2. The van der Waals surface area contributed by atoms with Crippen LogP contribution in [0.5, 0.6) is 17.2 Å². The van der Waals surface area contributed by atoms with Gasteiger partial charge in [-0.2, -0.15) is 0 Å². The number of methoxy groups -OCH3 is 3. The first kappa shape index (κ1) is 64.5. The van der Waals surface area contributed by atoms with Gasteiger partial charge in [0.05, 0.1) is 55.9 Å². The molecule has 4 heterocycles. The number of amides is 1. The predicted octanol–water partition coefficient (Wildman–Crippen LogP) is 9.18. The van der Waals surface area contributed by atoms with Crippen molar-refractivity contribution in [2.75, 3.05) is 87.2 Å². The molecule has 1 saturated heterocycles. The van der Waals surface area contributed by atoms with Crippen molar-refractivity contribution in [3.8, 4) is 52.8 Å². The van der Waals surface area contributed by atoms with Crippen molar-refractivity contribution in [1.29, 1.82) is 0 Å². The highest BCUT2D eigenvalue weighted by molar-refractivity contribution is 7.66. The topological polar surface area (TPSA) is 175 Å².